The van der Waals surface area contributed by atoms with Crippen LogP contribution in [0.5, 0.6) is 0 Å². The highest BCUT2D eigenvalue weighted by molar-refractivity contribution is 6.30. The zero-order valence-corrected chi connectivity index (χ0v) is 15.6. The fraction of sp³-hybridized carbons (Fsp3) is 0.200. The van der Waals surface area contributed by atoms with Crippen molar-refractivity contribution in [2.75, 3.05) is 5.32 Å². The maximum atomic E-state index is 12.1. The third-order valence-corrected chi connectivity index (χ3v) is 4.10. The standard InChI is InChI=1S/C20H20ClN3O2/c1-12-7-13(2)9-17(8-12)23-20(25)22-11-18-14(3)26-19(24-18)15-5-4-6-16(21)10-15/h4-10H,11H2,1-3H3,(H2,22,23,25). The Morgan fingerprint density at radius 2 is 1.85 bits per heavy atom. The van der Waals surface area contributed by atoms with Gasteiger partial charge in [-0.15, -0.1) is 0 Å². The number of rotatable bonds is 4. The molecule has 1 aromatic heterocycles. The second-order valence-corrected chi connectivity index (χ2v) is 6.65. The first-order chi connectivity index (χ1) is 12.4. The molecule has 26 heavy (non-hydrogen) atoms. The molecule has 0 atom stereocenters. The van der Waals surface area contributed by atoms with E-state index in [4.69, 9.17) is 16.0 Å². The first kappa shape index (κ1) is 18.0. The molecule has 134 valence electrons. The molecule has 1 heterocycles. The Kier molecular flexibility index (Phi) is 5.28. The van der Waals surface area contributed by atoms with Crippen LogP contribution < -0.4 is 10.6 Å². The normalized spacial score (nSPS) is 10.6. The van der Waals surface area contributed by atoms with Gasteiger partial charge in [0.1, 0.15) is 11.5 Å². The average Bonchev–Trinajstić information content (AvgIpc) is 2.93. The molecule has 2 amide bonds. The Balaban J connectivity index is 1.65. The second-order valence-electron chi connectivity index (χ2n) is 6.22. The largest absolute Gasteiger partial charge is 0.441 e. The molecule has 5 nitrogen and oxygen atoms in total. The Bertz CT molecular complexity index is 930. The van der Waals surface area contributed by atoms with Crippen LogP contribution >= 0.6 is 11.6 Å². The average molecular weight is 370 g/mol. The molecule has 0 spiro atoms. The van der Waals surface area contributed by atoms with Crippen molar-refractivity contribution in [1.29, 1.82) is 0 Å². The summed E-state index contributed by atoms with van der Waals surface area (Å²) in [5, 5.41) is 6.25. The maximum absolute atomic E-state index is 12.1. The molecule has 3 rings (SSSR count). The lowest BCUT2D eigenvalue weighted by Crippen LogP contribution is -2.28. The van der Waals surface area contributed by atoms with E-state index in [2.05, 4.69) is 21.7 Å². The quantitative estimate of drug-likeness (QED) is 0.660. The molecule has 0 saturated carbocycles. The van der Waals surface area contributed by atoms with Crippen LogP contribution in [0.15, 0.2) is 46.9 Å². The predicted molar refractivity (Wildman–Crippen MR) is 103 cm³/mol. The van der Waals surface area contributed by atoms with Crippen LogP contribution in [0.2, 0.25) is 5.02 Å². The van der Waals surface area contributed by atoms with E-state index in [1.165, 1.54) is 0 Å². The van der Waals surface area contributed by atoms with Crippen LogP contribution in [-0.2, 0) is 6.54 Å². The van der Waals surface area contributed by atoms with Gasteiger partial charge < -0.3 is 15.1 Å². The third-order valence-electron chi connectivity index (χ3n) is 3.86. The molecule has 0 bridgehead atoms. The molecule has 0 aliphatic heterocycles. The molecule has 0 aliphatic carbocycles. The molecule has 3 aromatic rings. The van der Waals surface area contributed by atoms with E-state index in [0.717, 1.165) is 22.4 Å². The number of aryl methyl sites for hydroxylation is 3. The highest BCUT2D eigenvalue weighted by Crippen LogP contribution is 2.24. The van der Waals surface area contributed by atoms with Gasteiger partial charge in [0.25, 0.3) is 0 Å². The number of hydrogen-bond acceptors (Lipinski definition) is 3. The maximum Gasteiger partial charge on any atom is 0.319 e. The molecule has 2 N–H and O–H groups in total. The number of aromatic nitrogens is 1. The number of anilines is 1. The van der Waals surface area contributed by atoms with Crippen LogP contribution in [0.4, 0.5) is 10.5 Å². The number of carbonyl (C=O) groups is 1. The minimum Gasteiger partial charge on any atom is -0.441 e. The van der Waals surface area contributed by atoms with Gasteiger partial charge in [-0.2, -0.15) is 0 Å². The van der Waals surface area contributed by atoms with Gasteiger partial charge in [-0.05, 0) is 62.2 Å². The predicted octanol–water partition coefficient (Wildman–Crippen LogP) is 5.24. The monoisotopic (exact) mass is 369 g/mol. The van der Waals surface area contributed by atoms with E-state index in [1.807, 2.05) is 45.0 Å². The molecular formula is C20H20ClN3O2. The van der Waals surface area contributed by atoms with Crippen LogP contribution in [0.3, 0.4) is 0 Å². The first-order valence-corrected chi connectivity index (χ1v) is 8.64. The fourth-order valence-electron chi connectivity index (χ4n) is 2.72. The number of carbonyl (C=O) groups excluding carboxylic acids is 1. The Labute approximate surface area is 157 Å². The van der Waals surface area contributed by atoms with Gasteiger partial charge in [0.2, 0.25) is 5.89 Å². The van der Waals surface area contributed by atoms with Crippen molar-refractivity contribution in [1.82, 2.24) is 10.3 Å². The summed E-state index contributed by atoms with van der Waals surface area (Å²) < 4.78 is 5.70. The summed E-state index contributed by atoms with van der Waals surface area (Å²) in [4.78, 5) is 16.6. The van der Waals surface area contributed by atoms with Crippen molar-refractivity contribution in [3.63, 3.8) is 0 Å². The smallest absolute Gasteiger partial charge is 0.319 e. The van der Waals surface area contributed by atoms with Crippen LogP contribution in [0.1, 0.15) is 22.6 Å². The topological polar surface area (TPSA) is 67.2 Å². The lowest BCUT2D eigenvalue weighted by atomic mass is 10.1. The summed E-state index contributed by atoms with van der Waals surface area (Å²) in [6.45, 7) is 6.07. The highest BCUT2D eigenvalue weighted by Gasteiger charge is 2.13. The van der Waals surface area contributed by atoms with E-state index in [1.54, 1.807) is 12.1 Å². The van der Waals surface area contributed by atoms with Crippen LogP contribution in [0.25, 0.3) is 11.5 Å². The van der Waals surface area contributed by atoms with Crippen molar-refractivity contribution in [2.24, 2.45) is 0 Å². The van der Waals surface area contributed by atoms with E-state index < -0.39 is 0 Å². The number of amides is 2. The minimum atomic E-state index is -0.290. The van der Waals surface area contributed by atoms with E-state index >= 15 is 0 Å². The van der Waals surface area contributed by atoms with Crippen LogP contribution in [-0.4, -0.2) is 11.0 Å². The molecule has 0 saturated heterocycles. The minimum absolute atomic E-state index is 0.270. The number of halogens is 1. The van der Waals surface area contributed by atoms with Gasteiger partial charge in [-0.3, -0.25) is 0 Å². The van der Waals surface area contributed by atoms with Crippen molar-refractivity contribution in [3.05, 3.63) is 70.1 Å². The number of urea groups is 1. The van der Waals surface area contributed by atoms with Crippen LogP contribution in [0, 0.1) is 20.8 Å². The first-order valence-electron chi connectivity index (χ1n) is 8.26. The molecule has 0 aliphatic rings. The summed E-state index contributed by atoms with van der Waals surface area (Å²) in [5.41, 5.74) is 4.43. The third kappa shape index (κ3) is 4.43. The zero-order valence-electron chi connectivity index (χ0n) is 14.9. The lowest BCUT2D eigenvalue weighted by Gasteiger charge is -2.08. The fourth-order valence-corrected chi connectivity index (χ4v) is 2.91. The van der Waals surface area contributed by atoms with Gasteiger partial charge >= 0.3 is 6.03 Å². The van der Waals surface area contributed by atoms with Gasteiger partial charge in [0.15, 0.2) is 0 Å². The molecule has 6 heteroatoms. The van der Waals surface area contributed by atoms with E-state index in [9.17, 15) is 4.79 Å². The molecule has 2 aromatic carbocycles. The van der Waals surface area contributed by atoms with E-state index in [0.29, 0.717) is 22.4 Å². The van der Waals surface area contributed by atoms with Crippen molar-refractivity contribution in [2.45, 2.75) is 27.3 Å². The number of nitrogens with zero attached hydrogens (tertiary/aromatic N) is 1. The van der Waals surface area contributed by atoms with Gasteiger partial charge in [0.05, 0.1) is 6.54 Å². The van der Waals surface area contributed by atoms with Crippen molar-refractivity contribution >= 4 is 23.3 Å². The van der Waals surface area contributed by atoms with Gasteiger partial charge in [-0.25, -0.2) is 9.78 Å². The van der Waals surface area contributed by atoms with Gasteiger partial charge in [-0.1, -0.05) is 23.7 Å². The Hall–Kier alpha value is -2.79. The van der Waals surface area contributed by atoms with Crippen molar-refractivity contribution < 1.29 is 9.21 Å². The highest BCUT2D eigenvalue weighted by atomic mass is 35.5. The Morgan fingerprint density at radius 3 is 2.54 bits per heavy atom. The molecule has 0 radical (unpaired) electrons. The summed E-state index contributed by atoms with van der Waals surface area (Å²) in [6.07, 6.45) is 0. The lowest BCUT2D eigenvalue weighted by molar-refractivity contribution is 0.251. The molecule has 0 fully saturated rings. The summed E-state index contributed by atoms with van der Waals surface area (Å²) in [7, 11) is 0. The summed E-state index contributed by atoms with van der Waals surface area (Å²) >= 11 is 6.01. The van der Waals surface area contributed by atoms with Crippen molar-refractivity contribution in [3.8, 4) is 11.5 Å². The number of hydrogen-bond donors (Lipinski definition) is 2. The zero-order chi connectivity index (χ0) is 18.7. The second kappa shape index (κ2) is 7.62. The molecular weight excluding hydrogens is 350 g/mol. The summed E-state index contributed by atoms with van der Waals surface area (Å²) in [6, 6.07) is 12.9. The van der Waals surface area contributed by atoms with E-state index in [-0.39, 0.29) is 12.6 Å². The number of benzene rings is 2. The summed E-state index contributed by atoms with van der Waals surface area (Å²) in [5.74, 6) is 1.14. The number of oxazole rings is 1. The van der Waals surface area contributed by atoms with Gasteiger partial charge in [0, 0.05) is 16.3 Å². The number of nitrogens with one attached hydrogen (secondary N) is 2. The molecule has 0 unspecified atom stereocenters. The Morgan fingerprint density at radius 1 is 1.12 bits per heavy atom. The SMILES string of the molecule is Cc1cc(C)cc(NC(=O)NCc2nc(-c3cccc(Cl)c3)oc2C)c1.